The van der Waals surface area contributed by atoms with Crippen LogP contribution in [0.2, 0.25) is 0 Å². The minimum absolute atomic E-state index is 0.148. The number of unbranched alkanes of at least 4 members (excludes halogenated alkanes) is 12. The Kier molecular flexibility index (Phi) is 25.4. The van der Waals surface area contributed by atoms with Crippen molar-refractivity contribution in [2.24, 2.45) is 0 Å². The van der Waals surface area contributed by atoms with Gasteiger partial charge in [-0.3, -0.25) is 9.59 Å². The minimum atomic E-state index is -1.61. The molecule has 0 saturated carbocycles. The van der Waals surface area contributed by atoms with E-state index in [0.717, 1.165) is 64.2 Å². The van der Waals surface area contributed by atoms with E-state index in [1.165, 1.54) is 25.7 Å². The molecule has 0 aliphatic carbocycles. The van der Waals surface area contributed by atoms with Crippen molar-refractivity contribution in [3.8, 4) is 0 Å². The molecule has 9 heteroatoms. The molecule has 2 unspecified atom stereocenters. The predicted octanol–water partition coefficient (Wildman–Crippen LogP) is 5.48. The maximum absolute atomic E-state index is 12.5. The first-order valence-electron chi connectivity index (χ1n) is 16.3. The number of quaternary nitrogens is 1. The molecule has 0 rings (SSSR count). The number of carbonyl (C=O) groups is 3. The summed E-state index contributed by atoms with van der Waals surface area (Å²) in [6.45, 7) is 4.58. The summed E-state index contributed by atoms with van der Waals surface area (Å²) in [6, 6.07) is 0. The highest BCUT2D eigenvalue weighted by molar-refractivity contribution is 5.70. The molecule has 0 aliphatic rings. The lowest BCUT2D eigenvalue weighted by Gasteiger charge is -2.26. The van der Waals surface area contributed by atoms with E-state index in [1.807, 2.05) is 21.1 Å². The first kappa shape index (κ1) is 40.0. The van der Waals surface area contributed by atoms with E-state index in [2.05, 4.69) is 26.0 Å². The fourth-order valence-electron chi connectivity index (χ4n) is 4.10. The average Bonchev–Trinajstić information content (AvgIpc) is 2.93. The molecule has 0 spiro atoms. The van der Waals surface area contributed by atoms with Crippen molar-refractivity contribution >= 4 is 17.9 Å². The molecular weight excluding hydrogens is 538 g/mol. The van der Waals surface area contributed by atoms with Crippen molar-refractivity contribution in [3.05, 3.63) is 12.2 Å². The van der Waals surface area contributed by atoms with Crippen molar-refractivity contribution in [2.45, 2.75) is 135 Å². The van der Waals surface area contributed by atoms with Gasteiger partial charge in [-0.05, 0) is 32.1 Å². The monoisotopic (exact) mass is 599 g/mol. The summed E-state index contributed by atoms with van der Waals surface area (Å²) in [5.74, 6) is -2.31. The number of carbonyl (C=O) groups excluding carboxylic acids is 3. The largest absolute Gasteiger partial charge is 0.545 e. The second-order valence-corrected chi connectivity index (χ2v) is 12.1. The van der Waals surface area contributed by atoms with Crippen LogP contribution < -0.4 is 5.11 Å². The molecule has 42 heavy (non-hydrogen) atoms. The number of rotatable bonds is 29. The van der Waals surface area contributed by atoms with Crippen molar-refractivity contribution < 1.29 is 42.9 Å². The number of ether oxygens (including phenoxy) is 4. The lowest BCUT2D eigenvalue weighted by molar-refractivity contribution is -0.870. The number of nitrogens with zero attached hydrogens (tertiary/aromatic N) is 1. The van der Waals surface area contributed by atoms with Crippen LogP contribution in [0.1, 0.15) is 123 Å². The van der Waals surface area contributed by atoms with Crippen LogP contribution in [0.5, 0.6) is 0 Å². The first-order chi connectivity index (χ1) is 20.1. The van der Waals surface area contributed by atoms with Gasteiger partial charge in [-0.1, -0.05) is 90.2 Å². The molecule has 0 fully saturated rings. The number of aliphatic carboxylic acids is 1. The van der Waals surface area contributed by atoms with Crippen molar-refractivity contribution in [3.63, 3.8) is 0 Å². The van der Waals surface area contributed by atoms with Crippen LogP contribution in [0, 0.1) is 0 Å². The standard InChI is InChI=1S/C33H61NO8/c1-6-8-10-12-14-15-16-17-18-20-22-24-31(36)42-29(27-40-30(35)23-21-19-13-11-9-7-2)28-41-33(32(37)38)39-26-25-34(3,4)5/h12,14,29,33H,6-11,13,15-28H2,1-5H3/b14-12-. The van der Waals surface area contributed by atoms with Gasteiger partial charge >= 0.3 is 11.9 Å². The topological polar surface area (TPSA) is 111 Å². The third-order valence-corrected chi connectivity index (χ3v) is 6.76. The Labute approximate surface area is 255 Å². The Balaban J connectivity index is 4.63. The number of carboxylic acids is 1. The zero-order valence-corrected chi connectivity index (χ0v) is 27.4. The molecule has 9 nitrogen and oxygen atoms in total. The van der Waals surface area contributed by atoms with E-state index in [-0.39, 0.29) is 38.6 Å². The highest BCUT2D eigenvalue weighted by atomic mass is 16.7. The van der Waals surface area contributed by atoms with E-state index in [4.69, 9.17) is 18.9 Å². The molecule has 2 atom stereocenters. The van der Waals surface area contributed by atoms with E-state index < -0.39 is 24.3 Å². The predicted molar refractivity (Wildman–Crippen MR) is 163 cm³/mol. The maximum Gasteiger partial charge on any atom is 0.306 e. The van der Waals surface area contributed by atoms with Crippen LogP contribution >= 0.6 is 0 Å². The Morgan fingerprint density at radius 2 is 1.24 bits per heavy atom. The van der Waals surface area contributed by atoms with Crippen molar-refractivity contribution in [2.75, 3.05) is 47.5 Å². The molecule has 0 saturated heterocycles. The SMILES string of the molecule is CCCC/C=C\CCCCCCCC(=O)OC(COC(=O)CCCCCCCC)COC(OCC[N+](C)(C)C)C(=O)[O-]. The van der Waals surface area contributed by atoms with Gasteiger partial charge in [-0.25, -0.2) is 0 Å². The number of carboxylic acid groups (broad SMARTS) is 1. The Hall–Kier alpha value is -1.97. The normalized spacial score (nSPS) is 13.3. The Bertz CT molecular complexity index is 719. The summed E-state index contributed by atoms with van der Waals surface area (Å²) in [5, 5.41) is 11.5. The number of allylic oxidation sites excluding steroid dienone is 2. The molecule has 0 aromatic rings. The Morgan fingerprint density at radius 1 is 0.690 bits per heavy atom. The lowest BCUT2D eigenvalue weighted by Crippen LogP contribution is -2.44. The van der Waals surface area contributed by atoms with Gasteiger partial charge in [-0.15, -0.1) is 0 Å². The van der Waals surface area contributed by atoms with Gasteiger partial charge in [0.15, 0.2) is 12.4 Å². The number of likely N-dealkylation sites (N-methyl/N-ethyl adjacent to an activating group) is 1. The van der Waals surface area contributed by atoms with E-state index in [0.29, 0.717) is 17.4 Å². The molecule has 0 aromatic carbocycles. The summed E-state index contributed by atoms with van der Waals surface area (Å²) >= 11 is 0. The summed E-state index contributed by atoms with van der Waals surface area (Å²) in [4.78, 5) is 36.3. The number of hydrogen-bond donors (Lipinski definition) is 0. The molecule has 0 N–H and O–H groups in total. The smallest absolute Gasteiger partial charge is 0.306 e. The van der Waals surface area contributed by atoms with Gasteiger partial charge in [0.2, 0.25) is 0 Å². The molecule has 0 aliphatic heterocycles. The quantitative estimate of drug-likeness (QED) is 0.0365. The second-order valence-electron chi connectivity index (χ2n) is 12.1. The van der Waals surface area contributed by atoms with Gasteiger partial charge in [-0.2, -0.15) is 0 Å². The average molecular weight is 600 g/mol. The molecule has 0 heterocycles. The molecule has 0 aromatic heterocycles. The van der Waals surface area contributed by atoms with Crippen LogP contribution in [0.25, 0.3) is 0 Å². The fraction of sp³-hybridized carbons (Fsp3) is 0.848. The third-order valence-electron chi connectivity index (χ3n) is 6.76. The summed E-state index contributed by atoms with van der Waals surface area (Å²) in [6.07, 6.45) is 18.5. The van der Waals surface area contributed by atoms with E-state index >= 15 is 0 Å². The minimum Gasteiger partial charge on any atom is -0.545 e. The zero-order chi connectivity index (χ0) is 31.5. The van der Waals surface area contributed by atoms with Crippen LogP contribution in [0.4, 0.5) is 0 Å². The highest BCUT2D eigenvalue weighted by Crippen LogP contribution is 2.11. The Morgan fingerprint density at radius 3 is 1.83 bits per heavy atom. The molecular formula is C33H61NO8. The van der Waals surface area contributed by atoms with Gasteiger partial charge < -0.3 is 33.3 Å². The summed E-state index contributed by atoms with van der Waals surface area (Å²) in [5.41, 5.74) is 0. The van der Waals surface area contributed by atoms with Gasteiger partial charge in [0.1, 0.15) is 13.2 Å². The third kappa shape index (κ3) is 26.9. The van der Waals surface area contributed by atoms with E-state index in [1.54, 1.807) is 0 Å². The van der Waals surface area contributed by atoms with E-state index in [9.17, 15) is 19.5 Å². The van der Waals surface area contributed by atoms with Gasteiger partial charge in [0, 0.05) is 12.8 Å². The van der Waals surface area contributed by atoms with Crippen LogP contribution in [0.15, 0.2) is 12.2 Å². The second kappa shape index (κ2) is 26.6. The molecule has 246 valence electrons. The molecule has 0 bridgehead atoms. The first-order valence-corrected chi connectivity index (χ1v) is 16.3. The number of esters is 2. The summed E-state index contributed by atoms with van der Waals surface area (Å²) < 4.78 is 22.2. The fourth-order valence-corrected chi connectivity index (χ4v) is 4.10. The van der Waals surface area contributed by atoms with Crippen molar-refractivity contribution in [1.82, 2.24) is 0 Å². The van der Waals surface area contributed by atoms with Crippen LogP contribution in [-0.4, -0.2) is 82.3 Å². The number of hydrogen-bond acceptors (Lipinski definition) is 8. The molecule has 0 amide bonds. The van der Waals surface area contributed by atoms with Crippen LogP contribution in [-0.2, 0) is 33.3 Å². The zero-order valence-electron chi connectivity index (χ0n) is 27.4. The van der Waals surface area contributed by atoms with Crippen molar-refractivity contribution in [1.29, 1.82) is 0 Å². The highest BCUT2D eigenvalue weighted by Gasteiger charge is 2.21. The maximum atomic E-state index is 12.5. The molecule has 0 radical (unpaired) electrons. The van der Waals surface area contributed by atoms with Crippen LogP contribution in [0.3, 0.4) is 0 Å². The summed E-state index contributed by atoms with van der Waals surface area (Å²) in [7, 11) is 5.88. The van der Waals surface area contributed by atoms with Gasteiger partial charge in [0.25, 0.3) is 0 Å². The lowest BCUT2D eigenvalue weighted by atomic mass is 10.1. The van der Waals surface area contributed by atoms with Gasteiger partial charge in [0.05, 0.1) is 40.3 Å².